The molecule has 0 aromatic carbocycles. The number of rotatable bonds is 2. The zero-order chi connectivity index (χ0) is 5.82. The Kier molecular flexibility index (Phi) is 1.75. The van der Waals surface area contributed by atoms with Crippen LogP contribution in [0.1, 0.15) is 0 Å². The Hall–Kier alpha value is -0.700. The van der Waals surface area contributed by atoms with Crippen LogP contribution >= 0.6 is 11.8 Å². The van der Waals surface area contributed by atoms with E-state index in [-0.39, 0.29) is 0 Å². The number of carbonyl (C=O) groups excluding carboxylic acids is 1. The summed E-state index contributed by atoms with van der Waals surface area (Å²) in [6.07, 6.45) is 1.78. The van der Waals surface area contributed by atoms with E-state index in [1.807, 2.05) is 12.1 Å². The van der Waals surface area contributed by atoms with Crippen LogP contribution in [0.3, 0.4) is 0 Å². The predicted molar refractivity (Wildman–Crippen MR) is 33.4 cm³/mol. The van der Waals surface area contributed by atoms with Crippen molar-refractivity contribution in [3.05, 3.63) is 18.3 Å². The molecule has 0 radical (unpaired) electrons. The fourth-order valence-corrected chi connectivity index (χ4v) is 0.836. The van der Waals surface area contributed by atoms with Crippen molar-refractivity contribution in [1.29, 1.82) is 0 Å². The van der Waals surface area contributed by atoms with E-state index >= 15 is 0 Å². The van der Waals surface area contributed by atoms with Gasteiger partial charge in [-0.1, -0.05) is 0 Å². The van der Waals surface area contributed by atoms with Crippen LogP contribution < -0.4 is 0 Å². The lowest BCUT2D eigenvalue weighted by molar-refractivity contribution is 0.570. The van der Waals surface area contributed by atoms with Gasteiger partial charge in [-0.15, -0.1) is 0 Å². The fraction of sp³-hybridized carbons (Fsp3) is 0. The van der Waals surface area contributed by atoms with Crippen LogP contribution in [0.15, 0.2) is 23.4 Å². The molecular weight excluding hydrogens is 122 g/mol. The van der Waals surface area contributed by atoms with Gasteiger partial charge < -0.3 is 4.98 Å². The first-order valence-corrected chi connectivity index (χ1v) is 3.05. The minimum Gasteiger partial charge on any atom is -0.356 e. The molecule has 42 valence electrons. The maximum Gasteiger partial charge on any atom is 0.182 e. The molecular formula is C5H5NOS. The highest BCUT2D eigenvalue weighted by Crippen LogP contribution is 2.09. The number of hydrogen-bond donors (Lipinski definition) is 1. The van der Waals surface area contributed by atoms with Gasteiger partial charge in [0.1, 0.15) is 0 Å². The standard InChI is InChI=1S/C5H5NOS/c7-4-8-5-2-1-3-6-5/h1-4,6H. The zero-order valence-corrected chi connectivity index (χ0v) is 4.94. The number of nitrogens with one attached hydrogen (secondary N) is 1. The van der Waals surface area contributed by atoms with Crippen LogP contribution in [-0.4, -0.2) is 10.6 Å². The van der Waals surface area contributed by atoms with Gasteiger partial charge in [-0.2, -0.15) is 0 Å². The number of aromatic nitrogens is 1. The highest BCUT2D eigenvalue weighted by Gasteiger charge is 1.86. The maximum absolute atomic E-state index is 9.82. The molecule has 0 aliphatic carbocycles. The summed E-state index contributed by atoms with van der Waals surface area (Å²) >= 11 is 1.15. The molecule has 1 N–H and O–H groups in total. The summed E-state index contributed by atoms with van der Waals surface area (Å²) in [4.78, 5) is 12.7. The van der Waals surface area contributed by atoms with Crippen LogP contribution in [0.4, 0.5) is 0 Å². The Bertz CT molecular complexity index is 159. The van der Waals surface area contributed by atoms with Gasteiger partial charge in [0.25, 0.3) is 0 Å². The highest BCUT2D eigenvalue weighted by molar-refractivity contribution is 8.11. The SMILES string of the molecule is O=CSc1ccc[nH]1. The van der Waals surface area contributed by atoms with E-state index in [9.17, 15) is 4.79 Å². The van der Waals surface area contributed by atoms with Gasteiger partial charge in [-0.3, -0.25) is 4.79 Å². The van der Waals surface area contributed by atoms with Crippen molar-refractivity contribution in [3.8, 4) is 0 Å². The molecule has 0 saturated heterocycles. The number of thioether (sulfide) groups is 1. The quantitative estimate of drug-likeness (QED) is 0.479. The summed E-state index contributed by atoms with van der Waals surface area (Å²) in [5, 5.41) is 0.889. The zero-order valence-electron chi connectivity index (χ0n) is 4.13. The van der Waals surface area contributed by atoms with Crippen molar-refractivity contribution < 1.29 is 4.79 Å². The van der Waals surface area contributed by atoms with Gasteiger partial charge in [0.05, 0.1) is 5.03 Å². The van der Waals surface area contributed by atoms with Gasteiger partial charge in [0.2, 0.25) is 0 Å². The number of aromatic amines is 1. The van der Waals surface area contributed by atoms with Crippen LogP contribution in [-0.2, 0) is 4.79 Å². The van der Waals surface area contributed by atoms with Crippen molar-refractivity contribution in [2.45, 2.75) is 5.03 Å². The molecule has 0 atom stereocenters. The molecule has 1 rings (SSSR count). The van der Waals surface area contributed by atoms with Crippen molar-refractivity contribution in [2.24, 2.45) is 0 Å². The summed E-state index contributed by atoms with van der Waals surface area (Å²) in [5.74, 6) is 0. The summed E-state index contributed by atoms with van der Waals surface area (Å²) in [6.45, 7) is 0. The molecule has 1 aromatic heterocycles. The molecule has 8 heavy (non-hydrogen) atoms. The Morgan fingerprint density at radius 3 is 3.12 bits per heavy atom. The molecule has 0 saturated carbocycles. The molecule has 0 amide bonds. The smallest absolute Gasteiger partial charge is 0.182 e. The van der Waals surface area contributed by atoms with E-state index < -0.39 is 0 Å². The second-order valence-corrected chi connectivity index (χ2v) is 2.12. The molecule has 3 heteroatoms. The average molecular weight is 127 g/mol. The first kappa shape index (κ1) is 5.44. The van der Waals surface area contributed by atoms with E-state index in [1.165, 1.54) is 0 Å². The lowest BCUT2D eigenvalue weighted by Gasteiger charge is -1.80. The van der Waals surface area contributed by atoms with Crippen molar-refractivity contribution >= 4 is 17.4 Å². The van der Waals surface area contributed by atoms with Gasteiger partial charge >= 0.3 is 0 Å². The minimum atomic E-state index is 0.797. The van der Waals surface area contributed by atoms with Crippen LogP contribution in [0, 0.1) is 0 Å². The second kappa shape index (κ2) is 2.57. The van der Waals surface area contributed by atoms with E-state index in [2.05, 4.69) is 4.98 Å². The summed E-state index contributed by atoms with van der Waals surface area (Å²) in [6, 6.07) is 3.70. The molecule has 0 aliphatic heterocycles. The minimum absolute atomic E-state index is 0.797. The highest BCUT2D eigenvalue weighted by atomic mass is 32.2. The Morgan fingerprint density at radius 2 is 2.62 bits per heavy atom. The molecule has 0 fully saturated rings. The largest absolute Gasteiger partial charge is 0.356 e. The third kappa shape index (κ3) is 1.13. The van der Waals surface area contributed by atoms with Gasteiger partial charge in [-0.05, 0) is 23.9 Å². The Labute approximate surface area is 51.3 Å². The lowest BCUT2D eigenvalue weighted by Crippen LogP contribution is -1.64. The van der Waals surface area contributed by atoms with Crippen LogP contribution in [0.2, 0.25) is 0 Å². The number of hydrogen-bond acceptors (Lipinski definition) is 2. The van der Waals surface area contributed by atoms with E-state index in [0.29, 0.717) is 0 Å². The topological polar surface area (TPSA) is 32.9 Å². The van der Waals surface area contributed by atoms with Crippen LogP contribution in [0.25, 0.3) is 0 Å². The Balaban J connectivity index is 2.62. The molecule has 0 spiro atoms. The molecule has 0 bridgehead atoms. The third-order valence-corrected chi connectivity index (χ3v) is 1.35. The predicted octanol–water partition coefficient (Wildman–Crippen LogP) is 1.30. The van der Waals surface area contributed by atoms with Crippen LogP contribution in [0.5, 0.6) is 0 Å². The normalized spacial score (nSPS) is 9.00. The Morgan fingerprint density at radius 1 is 1.75 bits per heavy atom. The van der Waals surface area contributed by atoms with Gasteiger partial charge in [-0.25, -0.2) is 0 Å². The van der Waals surface area contributed by atoms with Crippen molar-refractivity contribution in [1.82, 2.24) is 4.98 Å². The second-order valence-electron chi connectivity index (χ2n) is 1.25. The number of H-pyrrole nitrogens is 1. The average Bonchev–Trinajstić information content (AvgIpc) is 2.19. The number of carbonyl (C=O) groups is 1. The van der Waals surface area contributed by atoms with E-state index in [1.54, 1.807) is 6.20 Å². The van der Waals surface area contributed by atoms with E-state index in [0.717, 1.165) is 22.4 Å². The molecule has 1 heterocycles. The monoisotopic (exact) mass is 127 g/mol. The van der Waals surface area contributed by atoms with Gasteiger partial charge in [0.15, 0.2) is 5.62 Å². The first-order chi connectivity index (χ1) is 3.93. The third-order valence-electron chi connectivity index (χ3n) is 0.744. The lowest BCUT2D eigenvalue weighted by atomic mass is 10.7. The molecule has 2 nitrogen and oxygen atoms in total. The van der Waals surface area contributed by atoms with Crippen molar-refractivity contribution in [2.75, 3.05) is 0 Å². The summed E-state index contributed by atoms with van der Waals surface area (Å²) < 4.78 is 0. The van der Waals surface area contributed by atoms with E-state index in [4.69, 9.17) is 0 Å². The summed E-state index contributed by atoms with van der Waals surface area (Å²) in [5.41, 5.74) is 0.797. The molecule has 0 aliphatic rings. The maximum atomic E-state index is 9.82. The molecule has 1 aromatic rings. The first-order valence-electron chi connectivity index (χ1n) is 2.17. The fourth-order valence-electron chi connectivity index (χ4n) is 0.439. The molecule has 0 unspecified atom stereocenters. The van der Waals surface area contributed by atoms with Gasteiger partial charge in [0, 0.05) is 6.20 Å². The summed E-state index contributed by atoms with van der Waals surface area (Å²) in [7, 11) is 0. The van der Waals surface area contributed by atoms with Crippen molar-refractivity contribution in [3.63, 3.8) is 0 Å².